The zero-order chi connectivity index (χ0) is 34.4. The minimum atomic E-state index is -7.62. The number of aryl methyl sites for hydroxylation is 1. The van der Waals surface area contributed by atoms with Crippen LogP contribution in [0.25, 0.3) is 0 Å². The second-order valence-corrected chi connectivity index (χ2v) is 9.62. The van der Waals surface area contributed by atoms with Gasteiger partial charge < -0.3 is 24.8 Å². The molecule has 0 aliphatic carbocycles. The van der Waals surface area contributed by atoms with E-state index in [1.54, 1.807) is 13.8 Å². The van der Waals surface area contributed by atoms with Crippen LogP contribution < -0.4 is 10.1 Å². The van der Waals surface area contributed by atoms with Gasteiger partial charge in [-0.25, -0.2) is 9.59 Å². The molecule has 0 heterocycles. The van der Waals surface area contributed by atoms with Crippen molar-refractivity contribution in [2.45, 2.75) is 56.2 Å². The summed E-state index contributed by atoms with van der Waals surface area (Å²) in [4.78, 5) is 23.7. The molecule has 0 bridgehead atoms. The normalized spacial score (nSPS) is 13.7. The monoisotopic (exact) mass is 668 g/mol. The standard InChI is InChI=1S/C27H27F11N2O5/c1-3-44-20(21(41)42)14-17-6-10-19(11-7-17)45-13-12-40(22(43)39-18-8-4-16(2)5-9-18)15-23(28,29)24(30,31)25(32,33)26(34,35)27(36,37)38/h4-11,20H,3,12-15H2,1-2H3,(H,39,43)(H,41,42). The third-order valence-electron chi connectivity index (χ3n) is 6.20. The summed E-state index contributed by atoms with van der Waals surface area (Å²) in [6, 6.07) is 9.07. The van der Waals surface area contributed by atoms with Crippen molar-refractivity contribution in [3.8, 4) is 5.75 Å². The molecule has 2 aromatic carbocycles. The average molecular weight is 668 g/mol. The van der Waals surface area contributed by atoms with Gasteiger partial charge in [-0.15, -0.1) is 0 Å². The van der Waals surface area contributed by atoms with Crippen LogP contribution >= 0.6 is 0 Å². The van der Waals surface area contributed by atoms with E-state index in [9.17, 15) is 63.0 Å². The maximum atomic E-state index is 14.6. The highest BCUT2D eigenvalue weighted by molar-refractivity contribution is 5.89. The average Bonchev–Trinajstić information content (AvgIpc) is 2.93. The lowest BCUT2D eigenvalue weighted by molar-refractivity contribution is -0.422. The van der Waals surface area contributed by atoms with Crippen LogP contribution in [0.15, 0.2) is 48.5 Å². The summed E-state index contributed by atoms with van der Waals surface area (Å²) in [5.74, 6) is -30.1. The van der Waals surface area contributed by atoms with Gasteiger partial charge in [-0.1, -0.05) is 29.8 Å². The first-order chi connectivity index (χ1) is 20.6. The van der Waals surface area contributed by atoms with Crippen molar-refractivity contribution in [2.24, 2.45) is 0 Å². The van der Waals surface area contributed by atoms with E-state index in [0.29, 0.717) is 11.1 Å². The largest absolute Gasteiger partial charge is 0.492 e. The number of carbonyl (C=O) groups excluding carboxylic acids is 1. The number of carboxylic acids is 1. The summed E-state index contributed by atoms with van der Waals surface area (Å²) in [5.41, 5.74) is 1.03. The lowest BCUT2D eigenvalue weighted by Gasteiger charge is -2.38. The van der Waals surface area contributed by atoms with Gasteiger partial charge in [-0.05, 0) is 43.7 Å². The summed E-state index contributed by atoms with van der Waals surface area (Å²) >= 11 is 0. The number of carbonyl (C=O) groups is 2. The molecule has 0 saturated heterocycles. The van der Waals surface area contributed by atoms with Crippen molar-refractivity contribution in [1.82, 2.24) is 4.90 Å². The summed E-state index contributed by atoms with van der Waals surface area (Å²) in [6.45, 7) is -1.26. The molecule has 2 amide bonds. The highest BCUT2D eigenvalue weighted by Gasteiger charge is 2.87. The first-order valence-corrected chi connectivity index (χ1v) is 12.8. The summed E-state index contributed by atoms with van der Waals surface area (Å²) < 4.78 is 159. The molecule has 18 heteroatoms. The first-order valence-electron chi connectivity index (χ1n) is 12.8. The van der Waals surface area contributed by atoms with Crippen LogP contribution in [0, 0.1) is 6.92 Å². The minimum Gasteiger partial charge on any atom is -0.492 e. The van der Waals surface area contributed by atoms with E-state index in [0.717, 1.165) is 0 Å². The van der Waals surface area contributed by atoms with E-state index in [2.05, 4.69) is 0 Å². The summed E-state index contributed by atoms with van der Waals surface area (Å²) in [5, 5.41) is 11.2. The number of hydrogen-bond acceptors (Lipinski definition) is 4. The first kappa shape index (κ1) is 37.4. The third kappa shape index (κ3) is 8.67. The van der Waals surface area contributed by atoms with Crippen LogP contribution in [-0.4, -0.2) is 84.3 Å². The van der Waals surface area contributed by atoms with Crippen LogP contribution in [0.1, 0.15) is 18.1 Å². The molecule has 0 fully saturated rings. The van der Waals surface area contributed by atoms with E-state index in [4.69, 9.17) is 9.47 Å². The number of anilines is 1. The lowest BCUT2D eigenvalue weighted by Crippen LogP contribution is -2.68. The second kappa shape index (κ2) is 14.1. The molecule has 2 N–H and O–H groups in total. The molecule has 0 aliphatic rings. The van der Waals surface area contributed by atoms with Gasteiger partial charge in [0.2, 0.25) is 0 Å². The van der Waals surface area contributed by atoms with Crippen molar-refractivity contribution < 1.29 is 72.5 Å². The number of rotatable bonds is 15. The Labute approximate surface area is 248 Å². The fourth-order valence-electron chi connectivity index (χ4n) is 3.66. The predicted octanol–water partition coefficient (Wildman–Crippen LogP) is 7.04. The van der Waals surface area contributed by atoms with Crippen LogP contribution in [0.2, 0.25) is 0 Å². The quantitative estimate of drug-likeness (QED) is 0.199. The Kier molecular flexibility index (Phi) is 11.7. The van der Waals surface area contributed by atoms with Gasteiger partial charge in [0.1, 0.15) is 12.4 Å². The smallest absolute Gasteiger partial charge is 0.460 e. The van der Waals surface area contributed by atoms with Gasteiger partial charge >= 0.3 is 41.9 Å². The Morgan fingerprint density at radius 1 is 0.844 bits per heavy atom. The number of amides is 2. The molecule has 0 radical (unpaired) electrons. The maximum absolute atomic E-state index is 14.6. The van der Waals surface area contributed by atoms with Crippen molar-refractivity contribution in [2.75, 3.05) is 31.6 Å². The number of alkyl halides is 11. The Morgan fingerprint density at radius 3 is 1.89 bits per heavy atom. The van der Waals surface area contributed by atoms with Crippen LogP contribution in [0.4, 0.5) is 58.8 Å². The molecule has 2 aromatic rings. The molecule has 1 atom stereocenters. The molecule has 0 aliphatic heterocycles. The molecule has 45 heavy (non-hydrogen) atoms. The molecular formula is C27H27F11N2O5. The number of urea groups is 1. The highest BCUT2D eigenvalue weighted by Crippen LogP contribution is 2.57. The fourth-order valence-corrected chi connectivity index (χ4v) is 3.66. The fraction of sp³-hybridized carbons (Fsp3) is 0.481. The third-order valence-corrected chi connectivity index (χ3v) is 6.20. The Morgan fingerprint density at radius 2 is 1.40 bits per heavy atom. The molecule has 2 rings (SSSR count). The van der Waals surface area contributed by atoms with Gasteiger partial charge in [-0.2, -0.15) is 48.3 Å². The van der Waals surface area contributed by atoms with Crippen molar-refractivity contribution in [3.63, 3.8) is 0 Å². The summed E-state index contributed by atoms with van der Waals surface area (Å²) in [7, 11) is 0. The molecule has 1 unspecified atom stereocenters. The van der Waals surface area contributed by atoms with Crippen molar-refractivity contribution in [3.05, 3.63) is 59.7 Å². The number of carboxylic acid groups (broad SMARTS) is 1. The van der Waals surface area contributed by atoms with E-state index in [1.165, 1.54) is 48.5 Å². The molecule has 0 aromatic heterocycles. The minimum absolute atomic E-state index is 0.0191. The van der Waals surface area contributed by atoms with Gasteiger partial charge in [0.15, 0.2) is 6.10 Å². The van der Waals surface area contributed by atoms with Gasteiger partial charge in [0.05, 0.1) is 13.1 Å². The number of benzene rings is 2. The zero-order valence-corrected chi connectivity index (χ0v) is 23.4. The maximum Gasteiger partial charge on any atom is 0.460 e. The Balaban J connectivity index is 2.27. The topological polar surface area (TPSA) is 88.1 Å². The Hall–Kier alpha value is -3.83. The van der Waals surface area contributed by atoms with Crippen LogP contribution in [-0.2, 0) is 16.0 Å². The molecule has 0 saturated carbocycles. The number of hydrogen-bond donors (Lipinski definition) is 2. The number of nitrogens with zero attached hydrogens (tertiary/aromatic N) is 1. The van der Waals surface area contributed by atoms with Gasteiger partial charge in [0, 0.05) is 18.7 Å². The molecule has 7 nitrogen and oxygen atoms in total. The molecule has 0 spiro atoms. The highest BCUT2D eigenvalue weighted by atomic mass is 19.4. The second-order valence-electron chi connectivity index (χ2n) is 9.62. The van der Waals surface area contributed by atoms with Crippen LogP contribution in [0.5, 0.6) is 5.75 Å². The number of aliphatic carboxylic acids is 1. The molecular weight excluding hydrogens is 641 g/mol. The number of nitrogens with one attached hydrogen (secondary N) is 1. The van der Waals surface area contributed by atoms with Crippen LogP contribution in [0.3, 0.4) is 0 Å². The van der Waals surface area contributed by atoms with E-state index < -0.39 is 67.7 Å². The predicted molar refractivity (Wildman–Crippen MR) is 136 cm³/mol. The lowest BCUT2D eigenvalue weighted by atomic mass is 9.97. The van der Waals surface area contributed by atoms with Gasteiger partial charge in [0.25, 0.3) is 0 Å². The number of ether oxygens (including phenoxy) is 2. The SMILES string of the molecule is CCOC(Cc1ccc(OCCN(CC(F)(F)C(F)(F)C(F)(F)C(F)(F)C(F)(F)F)C(=O)Nc2ccc(C)cc2)cc1)C(=O)O. The zero-order valence-electron chi connectivity index (χ0n) is 23.4. The van der Waals surface area contributed by atoms with Crippen molar-refractivity contribution >= 4 is 17.7 Å². The Bertz CT molecular complexity index is 1290. The summed E-state index contributed by atoms with van der Waals surface area (Å²) in [6.07, 6.45) is -8.55. The number of halogens is 11. The van der Waals surface area contributed by atoms with E-state index >= 15 is 0 Å². The van der Waals surface area contributed by atoms with E-state index in [1.807, 2.05) is 5.32 Å². The molecule has 252 valence electrons. The van der Waals surface area contributed by atoms with Gasteiger partial charge in [-0.3, -0.25) is 0 Å². The van der Waals surface area contributed by atoms with Crippen molar-refractivity contribution in [1.29, 1.82) is 0 Å². The van der Waals surface area contributed by atoms with E-state index in [-0.39, 0.29) is 29.4 Å².